The average Bonchev–Trinajstić information content (AvgIpc) is 3.00. The molecule has 2 N–H and O–H groups in total. The van der Waals surface area contributed by atoms with Crippen molar-refractivity contribution in [3.63, 3.8) is 0 Å². The van der Waals surface area contributed by atoms with Crippen LogP contribution in [0.25, 0.3) is 0 Å². The van der Waals surface area contributed by atoms with E-state index in [9.17, 15) is 4.79 Å². The minimum absolute atomic E-state index is 0.0826. The molecule has 1 saturated carbocycles. The van der Waals surface area contributed by atoms with E-state index in [1.165, 1.54) is 0 Å². The lowest BCUT2D eigenvalue weighted by Crippen LogP contribution is -2.36. The van der Waals surface area contributed by atoms with Crippen molar-refractivity contribution < 1.29 is 4.79 Å². The van der Waals surface area contributed by atoms with Crippen LogP contribution in [0.15, 0.2) is 18.5 Å². The Morgan fingerprint density at radius 2 is 2.40 bits per heavy atom. The van der Waals surface area contributed by atoms with Gasteiger partial charge in [0.25, 0.3) is 0 Å². The van der Waals surface area contributed by atoms with Crippen LogP contribution >= 0.6 is 0 Å². The SMILES string of the molecule is Cc1ccncc1CNC(=O)NC1CC1. The number of nitrogens with zero attached hydrogens (tertiary/aromatic N) is 1. The number of urea groups is 1. The van der Waals surface area contributed by atoms with Crippen molar-refractivity contribution in [1.29, 1.82) is 0 Å². The van der Waals surface area contributed by atoms with Crippen LogP contribution in [0.1, 0.15) is 24.0 Å². The number of aromatic nitrogens is 1. The second kappa shape index (κ2) is 4.29. The largest absolute Gasteiger partial charge is 0.335 e. The fraction of sp³-hybridized carbons (Fsp3) is 0.455. The quantitative estimate of drug-likeness (QED) is 0.782. The number of nitrogens with one attached hydrogen (secondary N) is 2. The van der Waals surface area contributed by atoms with E-state index in [4.69, 9.17) is 0 Å². The summed E-state index contributed by atoms with van der Waals surface area (Å²) in [6.45, 7) is 2.55. The molecule has 0 unspecified atom stereocenters. The Labute approximate surface area is 89.1 Å². The summed E-state index contributed by atoms with van der Waals surface area (Å²) in [4.78, 5) is 15.4. The average molecular weight is 205 g/mol. The smallest absolute Gasteiger partial charge is 0.315 e. The Hall–Kier alpha value is -1.58. The van der Waals surface area contributed by atoms with Crippen LogP contribution in [-0.2, 0) is 6.54 Å². The molecule has 4 nitrogen and oxygen atoms in total. The summed E-state index contributed by atoms with van der Waals surface area (Å²) in [5, 5.41) is 5.69. The zero-order chi connectivity index (χ0) is 10.7. The van der Waals surface area contributed by atoms with Gasteiger partial charge in [-0.25, -0.2) is 4.79 Å². The molecule has 1 aliphatic rings. The van der Waals surface area contributed by atoms with Crippen molar-refractivity contribution in [3.8, 4) is 0 Å². The Morgan fingerprint density at radius 1 is 1.60 bits per heavy atom. The van der Waals surface area contributed by atoms with Gasteiger partial charge >= 0.3 is 6.03 Å². The molecule has 0 spiro atoms. The van der Waals surface area contributed by atoms with E-state index in [0.717, 1.165) is 24.0 Å². The van der Waals surface area contributed by atoms with Crippen LogP contribution in [0.4, 0.5) is 4.79 Å². The minimum Gasteiger partial charge on any atom is -0.335 e. The van der Waals surface area contributed by atoms with E-state index < -0.39 is 0 Å². The van der Waals surface area contributed by atoms with Gasteiger partial charge in [-0.3, -0.25) is 4.98 Å². The van der Waals surface area contributed by atoms with E-state index in [1.807, 2.05) is 13.0 Å². The molecule has 0 atom stereocenters. The van der Waals surface area contributed by atoms with Crippen LogP contribution in [0.3, 0.4) is 0 Å². The summed E-state index contributed by atoms with van der Waals surface area (Å²) >= 11 is 0. The molecule has 1 heterocycles. The van der Waals surface area contributed by atoms with Crippen molar-refractivity contribution in [3.05, 3.63) is 29.6 Å². The van der Waals surface area contributed by atoms with E-state index in [0.29, 0.717) is 12.6 Å². The van der Waals surface area contributed by atoms with E-state index >= 15 is 0 Å². The number of rotatable bonds is 3. The van der Waals surface area contributed by atoms with Gasteiger partial charge in [-0.15, -0.1) is 0 Å². The van der Waals surface area contributed by atoms with Gasteiger partial charge in [0.05, 0.1) is 0 Å². The molecule has 0 aromatic carbocycles. The Bertz CT molecular complexity index is 361. The number of amides is 2. The fourth-order valence-corrected chi connectivity index (χ4v) is 1.32. The number of carbonyl (C=O) groups is 1. The third kappa shape index (κ3) is 2.94. The summed E-state index contributed by atoms with van der Waals surface area (Å²) in [7, 11) is 0. The van der Waals surface area contributed by atoms with Crippen molar-refractivity contribution in [1.82, 2.24) is 15.6 Å². The lowest BCUT2D eigenvalue weighted by atomic mass is 10.2. The predicted octanol–water partition coefficient (Wildman–Crippen LogP) is 1.35. The zero-order valence-electron chi connectivity index (χ0n) is 8.79. The van der Waals surface area contributed by atoms with Gasteiger partial charge in [0.2, 0.25) is 0 Å². The fourth-order valence-electron chi connectivity index (χ4n) is 1.32. The molecule has 80 valence electrons. The maximum absolute atomic E-state index is 11.3. The first kappa shape index (κ1) is 9.96. The number of aryl methyl sites for hydroxylation is 1. The van der Waals surface area contributed by atoms with Crippen LogP contribution in [0.2, 0.25) is 0 Å². The molecular weight excluding hydrogens is 190 g/mol. The van der Waals surface area contributed by atoms with E-state index in [2.05, 4.69) is 15.6 Å². The van der Waals surface area contributed by atoms with Gasteiger partial charge in [-0.05, 0) is 37.0 Å². The highest BCUT2D eigenvalue weighted by atomic mass is 16.2. The van der Waals surface area contributed by atoms with Crippen LogP contribution in [-0.4, -0.2) is 17.1 Å². The predicted molar refractivity (Wildman–Crippen MR) is 57.4 cm³/mol. The Morgan fingerprint density at radius 3 is 3.07 bits per heavy atom. The summed E-state index contributed by atoms with van der Waals surface area (Å²) < 4.78 is 0. The van der Waals surface area contributed by atoms with Crippen molar-refractivity contribution >= 4 is 6.03 Å². The normalized spacial score (nSPS) is 14.7. The van der Waals surface area contributed by atoms with Crippen LogP contribution in [0, 0.1) is 6.92 Å². The molecule has 1 aliphatic carbocycles. The molecule has 0 aliphatic heterocycles. The highest BCUT2D eigenvalue weighted by Gasteiger charge is 2.22. The topological polar surface area (TPSA) is 54.0 Å². The molecular formula is C11H15N3O. The highest BCUT2D eigenvalue weighted by molar-refractivity contribution is 5.74. The van der Waals surface area contributed by atoms with Crippen molar-refractivity contribution in [2.75, 3.05) is 0 Å². The number of pyridine rings is 1. The van der Waals surface area contributed by atoms with Gasteiger partial charge in [-0.2, -0.15) is 0 Å². The summed E-state index contributed by atoms with van der Waals surface area (Å²) in [5.74, 6) is 0. The number of hydrogen-bond acceptors (Lipinski definition) is 2. The lowest BCUT2D eigenvalue weighted by Gasteiger charge is -2.07. The first-order chi connectivity index (χ1) is 7.25. The second-order valence-electron chi connectivity index (χ2n) is 3.90. The van der Waals surface area contributed by atoms with Gasteiger partial charge in [0.15, 0.2) is 0 Å². The van der Waals surface area contributed by atoms with E-state index in [1.54, 1.807) is 12.4 Å². The summed E-state index contributed by atoms with van der Waals surface area (Å²) in [6, 6.07) is 2.26. The maximum Gasteiger partial charge on any atom is 0.315 e. The second-order valence-corrected chi connectivity index (χ2v) is 3.90. The number of hydrogen-bond donors (Lipinski definition) is 2. The maximum atomic E-state index is 11.3. The monoisotopic (exact) mass is 205 g/mol. The molecule has 2 rings (SSSR count). The highest BCUT2D eigenvalue weighted by Crippen LogP contribution is 2.18. The van der Waals surface area contributed by atoms with Gasteiger partial charge < -0.3 is 10.6 Å². The molecule has 0 bridgehead atoms. The van der Waals surface area contributed by atoms with Crippen molar-refractivity contribution in [2.45, 2.75) is 32.4 Å². The molecule has 15 heavy (non-hydrogen) atoms. The number of carbonyl (C=O) groups excluding carboxylic acids is 1. The third-order valence-corrected chi connectivity index (χ3v) is 2.50. The van der Waals surface area contributed by atoms with Crippen LogP contribution in [0.5, 0.6) is 0 Å². The Kier molecular flexibility index (Phi) is 2.85. The molecule has 1 aromatic rings. The molecule has 0 radical (unpaired) electrons. The molecule has 0 saturated heterocycles. The lowest BCUT2D eigenvalue weighted by molar-refractivity contribution is 0.240. The third-order valence-electron chi connectivity index (χ3n) is 2.50. The first-order valence-corrected chi connectivity index (χ1v) is 5.19. The standard InChI is InChI=1S/C11H15N3O/c1-8-4-5-12-6-9(8)7-13-11(15)14-10-2-3-10/h4-6,10H,2-3,7H2,1H3,(H2,13,14,15). The zero-order valence-corrected chi connectivity index (χ0v) is 8.79. The molecule has 2 amide bonds. The Balaban J connectivity index is 1.81. The first-order valence-electron chi connectivity index (χ1n) is 5.19. The van der Waals surface area contributed by atoms with Crippen LogP contribution < -0.4 is 10.6 Å². The molecule has 1 fully saturated rings. The summed E-state index contributed by atoms with van der Waals surface area (Å²) in [5.41, 5.74) is 2.21. The molecule has 1 aromatic heterocycles. The summed E-state index contributed by atoms with van der Waals surface area (Å²) in [6.07, 6.45) is 5.76. The van der Waals surface area contributed by atoms with E-state index in [-0.39, 0.29) is 6.03 Å². The minimum atomic E-state index is -0.0826. The van der Waals surface area contributed by atoms with Crippen molar-refractivity contribution in [2.24, 2.45) is 0 Å². The molecule has 4 heteroatoms. The van der Waals surface area contributed by atoms with Gasteiger partial charge in [0, 0.05) is 25.0 Å². The van der Waals surface area contributed by atoms with Gasteiger partial charge in [0.1, 0.15) is 0 Å². The van der Waals surface area contributed by atoms with Gasteiger partial charge in [-0.1, -0.05) is 0 Å².